The number of nitrogens with zero attached hydrogens (tertiary/aromatic N) is 3. The summed E-state index contributed by atoms with van der Waals surface area (Å²) in [5.41, 5.74) is 1.19. The maximum atomic E-state index is 12.2. The molecule has 9 nitrogen and oxygen atoms in total. The Kier molecular flexibility index (Phi) is 6.99. The number of aryl methyl sites for hydroxylation is 1. The van der Waals surface area contributed by atoms with E-state index >= 15 is 0 Å². The van der Waals surface area contributed by atoms with Crippen LogP contribution in [0.5, 0.6) is 11.5 Å². The van der Waals surface area contributed by atoms with E-state index in [9.17, 15) is 9.59 Å². The van der Waals surface area contributed by atoms with Gasteiger partial charge in [-0.1, -0.05) is 30.3 Å². The lowest BCUT2D eigenvalue weighted by molar-refractivity contribution is -0.124. The van der Waals surface area contributed by atoms with Crippen LogP contribution in [0.1, 0.15) is 16.2 Å². The first kappa shape index (κ1) is 20.8. The van der Waals surface area contributed by atoms with Gasteiger partial charge in [0, 0.05) is 0 Å². The van der Waals surface area contributed by atoms with Gasteiger partial charge >= 0.3 is 5.97 Å². The van der Waals surface area contributed by atoms with Crippen LogP contribution in [0, 0.1) is 6.92 Å². The highest BCUT2D eigenvalue weighted by Gasteiger charge is 2.19. The number of rotatable bonds is 9. The molecule has 0 bridgehead atoms. The number of methoxy groups -OCH3 is 1. The molecule has 0 spiro atoms. The molecule has 156 valence electrons. The van der Waals surface area contributed by atoms with Crippen molar-refractivity contribution in [2.45, 2.75) is 6.92 Å². The van der Waals surface area contributed by atoms with Crippen molar-refractivity contribution in [1.82, 2.24) is 20.3 Å². The Morgan fingerprint density at radius 3 is 2.43 bits per heavy atom. The van der Waals surface area contributed by atoms with Crippen molar-refractivity contribution in [2.75, 3.05) is 26.9 Å². The highest BCUT2D eigenvalue weighted by molar-refractivity contribution is 5.90. The molecule has 0 unspecified atom stereocenters. The van der Waals surface area contributed by atoms with E-state index in [-0.39, 0.29) is 18.8 Å². The van der Waals surface area contributed by atoms with Crippen LogP contribution < -0.4 is 14.8 Å². The van der Waals surface area contributed by atoms with Crippen molar-refractivity contribution in [3.63, 3.8) is 0 Å². The lowest BCUT2D eigenvalue weighted by Crippen LogP contribution is -2.32. The van der Waals surface area contributed by atoms with Gasteiger partial charge in [-0.05, 0) is 31.2 Å². The fourth-order valence-corrected chi connectivity index (χ4v) is 2.58. The number of para-hydroxylation sites is 3. The fraction of sp³-hybridized carbons (Fsp3) is 0.238. The summed E-state index contributed by atoms with van der Waals surface area (Å²) >= 11 is 0. The Labute approximate surface area is 173 Å². The number of nitrogens with one attached hydrogen (secondary N) is 1. The highest BCUT2D eigenvalue weighted by atomic mass is 16.5. The van der Waals surface area contributed by atoms with Crippen LogP contribution in [-0.2, 0) is 9.53 Å². The van der Waals surface area contributed by atoms with Crippen molar-refractivity contribution in [1.29, 1.82) is 0 Å². The van der Waals surface area contributed by atoms with Crippen LogP contribution in [-0.4, -0.2) is 53.7 Å². The lowest BCUT2D eigenvalue weighted by Gasteiger charge is -2.10. The number of carbonyl (C=O) groups excluding carboxylic acids is 2. The van der Waals surface area contributed by atoms with Crippen LogP contribution >= 0.6 is 0 Å². The van der Waals surface area contributed by atoms with E-state index < -0.39 is 18.5 Å². The van der Waals surface area contributed by atoms with Crippen LogP contribution in [0.2, 0.25) is 0 Å². The average Bonchev–Trinajstić information content (AvgIpc) is 3.17. The minimum Gasteiger partial charge on any atom is -0.493 e. The maximum absolute atomic E-state index is 12.2. The molecule has 1 aromatic heterocycles. The van der Waals surface area contributed by atoms with Gasteiger partial charge in [-0.2, -0.15) is 9.90 Å². The Morgan fingerprint density at radius 2 is 1.70 bits per heavy atom. The largest absolute Gasteiger partial charge is 0.493 e. The molecule has 9 heteroatoms. The molecule has 3 rings (SSSR count). The molecule has 0 saturated heterocycles. The monoisotopic (exact) mass is 410 g/mol. The predicted molar refractivity (Wildman–Crippen MR) is 108 cm³/mol. The smallest absolute Gasteiger partial charge is 0.361 e. The molecule has 1 amide bonds. The molecular formula is C21H22N4O5. The average molecular weight is 410 g/mol. The third-order valence-corrected chi connectivity index (χ3v) is 4.05. The van der Waals surface area contributed by atoms with E-state index in [4.69, 9.17) is 14.2 Å². The Bertz CT molecular complexity index is 1000. The summed E-state index contributed by atoms with van der Waals surface area (Å²) in [5.74, 6) is 0.0320. The standard InChI is InChI=1S/C21H22N4O5/c1-15-20(24-25(23-15)16-8-4-3-5-9-16)21(27)30-14-19(26)22-12-13-29-18-11-7-6-10-17(18)28-2/h3-11H,12-14H2,1-2H3,(H,22,26). The maximum Gasteiger partial charge on any atom is 0.361 e. The van der Waals surface area contributed by atoms with Crippen LogP contribution in [0.25, 0.3) is 5.69 Å². The van der Waals surface area contributed by atoms with E-state index in [2.05, 4.69) is 15.5 Å². The van der Waals surface area contributed by atoms with E-state index in [0.717, 1.165) is 0 Å². The van der Waals surface area contributed by atoms with Crippen molar-refractivity contribution in [3.8, 4) is 17.2 Å². The Hall–Kier alpha value is -3.88. The molecule has 0 aliphatic rings. The Balaban J connectivity index is 1.44. The summed E-state index contributed by atoms with van der Waals surface area (Å²) in [4.78, 5) is 25.5. The number of esters is 1. The van der Waals surface area contributed by atoms with Gasteiger partial charge in [0.05, 0.1) is 25.0 Å². The van der Waals surface area contributed by atoms with Gasteiger partial charge in [-0.15, -0.1) is 5.10 Å². The molecule has 0 aliphatic heterocycles. The minimum atomic E-state index is -0.713. The summed E-state index contributed by atoms with van der Waals surface area (Å²) in [6.45, 7) is 1.71. The molecule has 1 N–H and O–H groups in total. The number of hydrogen-bond acceptors (Lipinski definition) is 7. The van der Waals surface area contributed by atoms with E-state index in [1.165, 1.54) is 4.80 Å². The number of hydrogen-bond donors (Lipinski definition) is 1. The van der Waals surface area contributed by atoms with E-state index in [0.29, 0.717) is 22.9 Å². The predicted octanol–water partition coefficient (Wildman–Crippen LogP) is 1.94. The normalized spacial score (nSPS) is 10.3. The number of ether oxygens (including phenoxy) is 3. The second-order valence-corrected chi connectivity index (χ2v) is 6.18. The first-order chi connectivity index (χ1) is 14.6. The summed E-state index contributed by atoms with van der Waals surface area (Å²) in [6.07, 6.45) is 0. The topological polar surface area (TPSA) is 105 Å². The summed E-state index contributed by atoms with van der Waals surface area (Å²) in [5, 5.41) is 11.0. The van der Waals surface area contributed by atoms with Crippen molar-refractivity contribution in [3.05, 3.63) is 66.0 Å². The molecule has 30 heavy (non-hydrogen) atoms. The van der Waals surface area contributed by atoms with Gasteiger partial charge in [-0.25, -0.2) is 4.79 Å². The lowest BCUT2D eigenvalue weighted by atomic mass is 10.3. The number of carbonyl (C=O) groups is 2. The molecule has 0 saturated carbocycles. The highest BCUT2D eigenvalue weighted by Crippen LogP contribution is 2.25. The quantitative estimate of drug-likeness (QED) is 0.425. The van der Waals surface area contributed by atoms with Crippen molar-refractivity contribution in [2.24, 2.45) is 0 Å². The SMILES string of the molecule is COc1ccccc1OCCNC(=O)COC(=O)c1nn(-c2ccccc2)nc1C. The van der Waals surface area contributed by atoms with Crippen molar-refractivity contribution >= 4 is 11.9 Å². The molecule has 0 atom stereocenters. The molecule has 1 heterocycles. The molecule has 0 radical (unpaired) electrons. The van der Waals surface area contributed by atoms with Crippen molar-refractivity contribution < 1.29 is 23.8 Å². The molecule has 0 fully saturated rings. The summed E-state index contributed by atoms with van der Waals surface area (Å²) in [6, 6.07) is 16.4. The van der Waals surface area contributed by atoms with Gasteiger partial charge < -0.3 is 19.5 Å². The zero-order valence-corrected chi connectivity index (χ0v) is 16.7. The Morgan fingerprint density at radius 1 is 1.00 bits per heavy atom. The van der Waals surface area contributed by atoms with E-state index in [1.807, 2.05) is 42.5 Å². The number of amides is 1. The van der Waals surface area contributed by atoms with Gasteiger partial charge in [0.2, 0.25) is 0 Å². The van der Waals surface area contributed by atoms with Crippen LogP contribution in [0.15, 0.2) is 54.6 Å². The third kappa shape index (κ3) is 5.34. The number of aromatic nitrogens is 3. The second kappa shape index (κ2) is 10.1. The molecule has 3 aromatic rings. The third-order valence-electron chi connectivity index (χ3n) is 4.05. The first-order valence-corrected chi connectivity index (χ1v) is 9.27. The summed E-state index contributed by atoms with van der Waals surface area (Å²) < 4.78 is 15.8. The van der Waals surface area contributed by atoms with E-state index in [1.54, 1.807) is 26.2 Å². The number of benzene rings is 2. The zero-order chi connectivity index (χ0) is 21.3. The van der Waals surface area contributed by atoms with Crippen LogP contribution in [0.4, 0.5) is 0 Å². The van der Waals surface area contributed by atoms with Gasteiger partial charge in [0.1, 0.15) is 6.61 Å². The zero-order valence-electron chi connectivity index (χ0n) is 16.7. The summed E-state index contributed by atoms with van der Waals surface area (Å²) in [7, 11) is 1.55. The van der Waals surface area contributed by atoms with Crippen LogP contribution in [0.3, 0.4) is 0 Å². The van der Waals surface area contributed by atoms with Gasteiger partial charge in [-0.3, -0.25) is 4.79 Å². The minimum absolute atomic E-state index is 0.0613. The molecule has 0 aliphatic carbocycles. The van der Waals surface area contributed by atoms with Gasteiger partial charge in [0.15, 0.2) is 23.8 Å². The molecular weight excluding hydrogens is 388 g/mol. The van der Waals surface area contributed by atoms with Gasteiger partial charge in [0.25, 0.3) is 5.91 Å². The molecule has 2 aromatic carbocycles. The first-order valence-electron chi connectivity index (χ1n) is 9.27. The second-order valence-electron chi connectivity index (χ2n) is 6.18. The fourth-order valence-electron chi connectivity index (χ4n) is 2.58.